The van der Waals surface area contributed by atoms with E-state index in [2.05, 4.69) is 12.6 Å². The number of hydrogen-bond acceptors (Lipinski definition) is 3. The van der Waals surface area contributed by atoms with E-state index in [0.29, 0.717) is 18.4 Å². The second-order valence-corrected chi connectivity index (χ2v) is 4.81. The molecule has 2 nitrogen and oxygen atoms in total. The number of carbonyl (C=O) groups is 1. The van der Waals surface area contributed by atoms with Crippen molar-refractivity contribution in [1.29, 1.82) is 0 Å². The third-order valence-corrected chi connectivity index (χ3v) is 3.89. The molecule has 1 fully saturated rings. The van der Waals surface area contributed by atoms with Crippen molar-refractivity contribution in [2.24, 2.45) is 0 Å². The normalized spacial score (nSPS) is 15.1. The molecular weight excluding hydrogens is 306 g/mol. The number of esters is 1. The molecule has 0 spiro atoms. The molecule has 2 rings (SSSR count). The van der Waals surface area contributed by atoms with Gasteiger partial charge in [0.2, 0.25) is 0 Å². The smallest absolute Gasteiger partial charge is 0.316 e. The molecule has 0 aromatic heterocycles. The molecule has 0 atom stereocenters. The first kappa shape index (κ1) is 20.9. The SMILES string of the molecule is CC.COC(=O)C1(c2ccc(F)c(F)c2C)CCCC1.CS. The van der Waals surface area contributed by atoms with Gasteiger partial charge < -0.3 is 4.74 Å². The molecular formula is C17H26F2O2S. The van der Waals surface area contributed by atoms with Crippen LogP contribution in [0.25, 0.3) is 0 Å². The highest BCUT2D eigenvalue weighted by molar-refractivity contribution is 7.79. The van der Waals surface area contributed by atoms with Crippen LogP contribution in [0, 0.1) is 18.6 Å². The zero-order chi connectivity index (χ0) is 17.3. The zero-order valence-electron chi connectivity index (χ0n) is 14.0. The second kappa shape index (κ2) is 9.82. The Morgan fingerprint density at radius 3 is 2.14 bits per heavy atom. The first-order valence-corrected chi connectivity index (χ1v) is 8.40. The van der Waals surface area contributed by atoms with Crippen molar-refractivity contribution < 1.29 is 18.3 Å². The summed E-state index contributed by atoms with van der Waals surface area (Å²) in [4.78, 5) is 12.0. The van der Waals surface area contributed by atoms with Crippen LogP contribution < -0.4 is 0 Å². The number of rotatable bonds is 2. The van der Waals surface area contributed by atoms with Crippen LogP contribution in [0.15, 0.2) is 12.1 Å². The molecule has 0 unspecified atom stereocenters. The third kappa shape index (κ3) is 4.00. The van der Waals surface area contributed by atoms with Crippen molar-refractivity contribution in [3.8, 4) is 0 Å². The van der Waals surface area contributed by atoms with Crippen molar-refractivity contribution >= 4 is 18.6 Å². The summed E-state index contributed by atoms with van der Waals surface area (Å²) in [5.41, 5.74) is -0.0269. The minimum atomic E-state index is -0.880. The minimum absolute atomic E-state index is 0.210. The Kier molecular flexibility index (Phi) is 9.33. The lowest BCUT2D eigenvalue weighted by atomic mass is 9.76. The van der Waals surface area contributed by atoms with Crippen molar-refractivity contribution in [1.82, 2.24) is 0 Å². The van der Waals surface area contributed by atoms with Gasteiger partial charge >= 0.3 is 5.97 Å². The van der Waals surface area contributed by atoms with Gasteiger partial charge in [-0.05, 0) is 43.2 Å². The molecule has 1 saturated carbocycles. The molecule has 0 aliphatic heterocycles. The summed E-state index contributed by atoms with van der Waals surface area (Å²) in [5.74, 6) is -2.11. The molecule has 5 heteroatoms. The number of ether oxygens (including phenoxy) is 1. The zero-order valence-corrected chi connectivity index (χ0v) is 14.9. The van der Waals surface area contributed by atoms with E-state index in [-0.39, 0.29) is 11.5 Å². The summed E-state index contributed by atoms with van der Waals surface area (Å²) in [5, 5.41) is 0. The van der Waals surface area contributed by atoms with Crippen LogP contribution in [0.5, 0.6) is 0 Å². The van der Waals surface area contributed by atoms with Crippen LogP contribution >= 0.6 is 12.6 Å². The summed E-state index contributed by atoms with van der Waals surface area (Å²) in [7, 11) is 1.33. The Morgan fingerprint density at radius 2 is 1.68 bits per heavy atom. The molecule has 126 valence electrons. The minimum Gasteiger partial charge on any atom is -0.468 e. The van der Waals surface area contributed by atoms with Crippen molar-refractivity contribution in [3.05, 3.63) is 34.9 Å². The van der Waals surface area contributed by atoms with Gasteiger partial charge in [0.25, 0.3) is 0 Å². The number of benzene rings is 1. The number of hydrogen-bond donors (Lipinski definition) is 1. The Balaban J connectivity index is 0.00000102. The highest BCUT2D eigenvalue weighted by atomic mass is 32.1. The Hall–Kier alpha value is -1.10. The average Bonchev–Trinajstić information content (AvgIpc) is 3.06. The fourth-order valence-corrected chi connectivity index (χ4v) is 2.93. The van der Waals surface area contributed by atoms with E-state index in [9.17, 15) is 13.6 Å². The van der Waals surface area contributed by atoms with Gasteiger partial charge in [-0.25, -0.2) is 8.78 Å². The first-order chi connectivity index (χ1) is 10.5. The average molecular weight is 332 g/mol. The summed E-state index contributed by atoms with van der Waals surface area (Å²) in [6, 6.07) is 2.59. The molecule has 1 aliphatic carbocycles. The highest BCUT2D eigenvalue weighted by Crippen LogP contribution is 2.43. The van der Waals surface area contributed by atoms with Gasteiger partial charge in [0.1, 0.15) is 0 Å². The second-order valence-electron chi connectivity index (χ2n) is 4.81. The largest absolute Gasteiger partial charge is 0.468 e. The fraction of sp³-hybridized carbons (Fsp3) is 0.588. The maximum atomic E-state index is 13.7. The quantitative estimate of drug-likeness (QED) is 0.620. The van der Waals surface area contributed by atoms with E-state index in [1.54, 1.807) is 6.26 Å². The monoisotopic (exact) mass is 332 g/mol. The van der Waals surface area contributed by atoms with Gasteiger partial charge in [-0.2, -0.15) is 12.6 Å². The number of methoxy groups -OCH3 is 1. The third-order valence-electron chi connectivity index (χ3n) is 3.89. The van der Waals surface area contributed by atoms with Gasteiger partial charge in [0.05, 0.1) is 12.5 Å². The van der Waals surface area contributed by atoms with Gasteiger partial charge in [0, 0.05) is 0 Å². The lowest BCUT2D eigenvalue weighted by Crippen LogP contribution is -2.35. The van der Waals surface area contributed by atoms with Crippen LogP contribution in [0.1, 0.15) is 50.7 Å². The summed E-state index contributed by atoms with van der Waals surface area (Å²) < 4.78 is 31.7. The van der Waals surface area contributed by atoms with Crippen LogP contribution in [-0.2, 0) is 14.9 Å². The van der Waals surface area contributed by atoms with Crippen LogP contribution in [0.2, 0.25) is 0 Å². The molecule has 0 saturated heterocycles. The van der Waals surface area contributed by atoms with Gasteiger partial charge in [0.15, 0.2) is 11.6 Å². The fourth-order valence-electron chi connectivity index (χ4n) is 2.93. The maximum absolute atomic E-state index is 13.7. The Bertz CT molecular complexity index is 484. The van der Waals surface area contributed by atoms with Crippen molar-refractivity contribution in [2.75, 3.05) is 13.4 Å². The summed E-state index contributed by atoms with van der Waals surface area (Å²) in [6.45, 7) is 5.51. The van der Waals surface area contributed by atoms with Crippen molar-refractivity contribution in [3.63, 3.8) is 0 Å². The van der Waals surface area contributed by atoms with Crippen molar-refractivity contribution in [2.45, 2.75) is 51.9 Å². The molecule has 1 aromatic carbocycles. The van der Waals surface area contributed by atoms with Crippen LogP contribution in [0.3, 0.4) is 0 Å². The number of thiol groups is 1. The highest BCUT2D eigenvalue weighted by Gasteiger charge is 2.45. The molecule has 0 N–H and O–H groups in total. The maximum Gasteiger partial charge on any atom is 0.316 e. The topological polar surface area (TPSA) is 26.3 Å². The predicted octanol–water partition coefficient (Wildman–Crippen LogP) is 4.83. The first-order valence-electron chi connectivity index (χ1n) is 7.51. The number of carbonyl (C=O) groups excluding carboxylic acids is 1. The van der Waals surface area contributed by atoms with Gasteiger partial charge in [-0.3, -0.25) is 4.79 Å². The lowest BCUT2D eigenvalue weighted by Gasteiger charge is -2.28. The molecule has 0 radical (unpaired) electrons. The molecule has 1 aromatic rings. The van der Waals surface area contributed by atoms with E-state index in [0.717, 1.165) is 18.9 Å². The van der Waals surface area contributed by atoms with Gasteiger partial charge in [-0.15, -0.1) is 0 Å². The van der Waals surface area contributed by atoms with Crippen LogP contribution in [0.4, 0.5) is 8.78 Å². The molecule has 22 heavy (non-hydrogen) atoms. The van der Waals surface area contributed by atoms with E-state index < -0.39 is 17.0 Å². The molecule has 1 aliphatic rings. The van der Waals surface area contributed by atoms with Crippen LogP contribution in [-0.4, -0.2) is 19.3 Å². The molecule has 0 bridgehead atoms. The standard InChI is InChI=1S/C14H16F2O2.C2H6.CH4S/c1-9-10(5-6-11(15)12(9)16)14(13(17)18-2)7-3-4-8-14;2*1-2/h5-6H,3-4,7-8H2,1-2H3;1-2H3;2H,1H3. The van der Waals surface area contributed by atoms with E-state index in [4.69, 9.17) is 4.74 Å². The van der Waals surface area contributed by atoms with Gasteiger partial charge in [-0.1, -0.05) is 32.8 Å². The lowest BCUT2D eigenvalue weighted by molar-refractivity contribution is -0.147. The molecule has 0 heterocycles. The summed E-state index contributed by atoms with van der Waals surface area (Å²) in [6.07, 6.45) is 4.75. The van der Waals surface area contributed by atoms with E-state index in [1.807, 2.05) is 13.8 Å². The molecule has 0 amide bonds. The Labute approximate surface area is 137 Å². The Morgan fingerprint density at radius 1 is 1.18 bits per heavy atom. The summed E-state index contributed by atoms with van der Waals surface area (Å²) >= 11 is 3.53. The predicted molar refractivity (Wildman–Crippen MR) is 89.5 cm³/mol. The van der Waals surface area contributed by atoms with E-state index >= 15 is 0 Å². The van der Waals surface area contributed by atoms with E-state index in [1.165, 1.54) is 20.1 Å². The number of halogens is 2.